The van der Waals surface area contributed by atoms with E-state index >= 15 is 0 Å². The normalized spacial score (nSPS) is 11.5. The lowest BCUT2D eigenvalue weighted by Gasteiger charge is -2.09. The van der Waals surface area contributed by atoms with Crippen molar-refractivity contribution in [2.24, 2.45) is 0 Å². The van der Waals surface area contributed by atoms with Crippen molar-refractivity contribution in [2.45, 2.75) is 17.7 Å². The predicted molar refractivity (Wildman–Crippen MR) is 102 cm³/mol. The van der Waals surface area contributed by atoms with Gasteiger partial charge in [-0.2, -0.15) is 0 Å². The molecule has 2 aromatic carbocycles. The SMILES string of the molecule is COc1ccc(CCCNc2ncnc3ccc(S(C)(=O)=O)cc23)cc1. The van der Waals surface area contributed by atoms with Gasteiger partial charge in [0, 0.05) is 18.2 Å². The molecule has 0 unspecified atom stereocenters. The molecule has 0 atom stereocenters. The Bertz CT molecular complexity index is 1000. The average molecular weight is 371 g/mol. The van der Waals surface area contributed by atoms with Gasteiger partial charge in [-0.3, -0.25) is 0 Å². The maximum atomic E-state index is 11.8. The summed E-state index contributed by atoms with van der Waals surface area (Å²) in [6, 6.07) is 12.9. The summed E-state index contributed by atoms with van der Waals surface area (Å²) < 4.78 is 28.7. The van der Waals surface area contributed by atoms with Crippen LogP contribution in [-0.2, 0) is 16.3 Å². The van der Waals surface area contributed by atoms with Crippen molar-refractivity contribution in [3.8, 4) is 5.75 Å². The van der Waals surface area contributed by atoms with E-state index in [1.54, 1.807) is 25.3 Å². The van der Waals surface area contributed by atoms with Gasteiger partial charge in [0.15, 0.2) is 9.84 Å². The van der Waals surface area contributed by atoms with E-state index in [9.17, 15) is 8.42 Å². The van der Waals surface area contributed by atoms with Crippen molar-refractivity contribution < 1.29 is 13.2 Å². The number of nitrogens with zero attached hydrogens (tertiary/aromatic N) is 2. The summed E-state index contributed by atoms with van der Waals surface area (Å²) in [6.07, 6.45) is 4.52. The minimum Gasteiger partial charge on any atom is -0.497 e. The standard InChI is InChI=1S/C19H21N3O3S/c1-25-15-7-5-14(6-8-15)4-3-11-20-19-17-12-16(26(2,23)24)9-10-18(17)21-13-22-19/h5-10,12-13H,3-4,11H2,1-2H3,(H,20,21,22). The maximum Gasteiger partial charge on any atom is 0.175 e. The summed E-state index contributed by atoms with van der Waals surface area (Å²) in [5.74, 6) is 1.50. The topological polar surface area (TPSA) is 81.2 Å². The van der Waals surface area contributed by atoms with Crippen LogP contribution in [0.25, 0.3) is 10.9 Å². The number of methoxy groups -OCH3 is 1. The highest BCUT2D eigenvalue weighted by Crippen LogP contribution is 2.23. The van der Waals surface area contributed by atoms with E-state index in [0.29, 0.717) is 16.7 Å². The van der Waals surface area contributed by atoms with Gasteiger partial charge in [-0.25, -0.2) is 18.4 Å². The molecule has 0 saturated carbocycles. The van der Waals surface area contributed by atoms with Gasteiger partial charge in [-0.1, -0.05) is 12.1 Å². The molecule has 6 nitrogen and oxygen atoms in total. The first-order valence-corrected chi connectivity index (χ1v) is 10.2. The fourth-order valence-electron chi connectivity index (χ4n) is 2.70. The molecule has 1 heterocycles. The second kappa shape index (κ2) is 7.70. The number of fused-ring (bicyclic) bond motifs is 1. The number of rotatable bonds is 7. The molecule has 0 aliphatic heterocycles. The maximum absolute atomic E-state index is 11.8. The highest BCUT2D eigenvalue weighted by Gasteiger charge is 2.10. The van der Waals surface area contributed by atoms with Crippen molar-refractivity contribution >= 4 is 26.6 Å². The van der Waals surface area contributed by atoms with Crippen molar-refractivity contribution in [1.29, 1.82) is 0 Å². The summed E-state index contributed by atoms with van der Waals surface area (Å²) in [5, 5.41) is 4.00. The highest BCUT2D eigenvalue weighted by atomic mass is 32.2. The van der Waals surface area contributed by atoms with E-state index < -0.39 is 9.84 Å². The van der Waals surface area contributed by atoms with Crippen LogP contribution in [-0.4, -0.2) is 38.3 Å². The number of ether oxygens (including phenoxy) is 1. The smallest absolute Gasteiger partial charge is 0.175 e. The second-order valence-electron chi connectivity index (χ2n) is 6.05. The fraction of sp³-hybridized carbons (Fsp3) is 0.263. The van der Waals surface area contributed by atoms with Gasteiger partial charge in [-0.05, 0) is 48.7 Å². The number of nitrogens with one attached hydrogen (secondary N) is 1. The molecule has 0 aliphatic rings. The quantitative estimate of drug-likeness (QED) is 0.643. The molecule has 0 radical (unpaired) electrons. The lowest BCUT2D eigenvalue weighted by molar-refractivity contribution is 0.414. The van der Waals surface area contributed by atoms with Crippen LogP contribution < -0.4 is 10.1 Å². The Morgan fingerprint density at radius 2 is 1.85 bits per heavy atom. The average Bonchev–Trinajstić information content (AvgIpc) is 2.64. The molecule has 0 spiro atoms. The molecular formula is C19H21N3O3S. The van der Waals surface area contributed by atoms with Gasteiger partial charge in [0.1, 0.15) is 17.9 Å². The first-order valence-electron chi connectivity index (χ1n) is 8.29. The summed E-state index contributed by atoms with van der Waals surface area (Å²) in [5.41, 5.74) is 1.95. The van der Waals surface area contributed by atoms with Crippen LogP contribution in [0.1, 0.15) is 12.0 Å². The minimum atomic E-state index is -3.27. The molecule has 0 bridgehead atoms. The Balaban J connectivity index is 1.68. The first kappa shape index (κ1) is 18.1. The molecular weight excluding hydrogens is 350 g/mol. The summed E-state index contributed by atoms with van der Waals surface area (Å²) in [7, 11) is -1.62. The summed E-state index contributed by atoms with van der Waals surface area (Å²) in [6.45, 7) is 0.723. The third kappa shape index (κ3) is 4.29. The highest BCUT2D eigenvalue weighted by molar-refractivity contribution is 7.90. The Kier molecular flexibility index (Phi) is 5.37. The third-order valence-corrected chi connectivity index (χ3v) is 5.24. The van der Waals surface area contributed by atoms with Crippen molar-refractivity contribution in [3.63, 3.8) is 0 Å². The van der Waals surface area contributed by atoms with Gasteiger partial charge in [-0.15, -0.1) is 0 Å². The van der Waals surface area contributed by atoms with Crippen LogP contribution in [0.4, 0.5) is 5.82 Å². The number of hydrogen-bond acceptors (Lipinski definition) is 6. The molecule has 0 fully saturated rings. The molecule has 3 rings (SSSR count). The molecule has 0 aliphatic carbocycles. The third-order valence-electron chi connectivity index (χ3n) is 4.13. The predicted octanol–water partition coefficient (Wildman–Crippen LogP) is 3.09. The number of hydrogen-bond donors (Lipinski definition) is 1. The van der Waals surface area contributed by atoms with Gasteiger partial charge >= 0.3 is 0 Å². The van der Waals surface area contributed by atoms with E-state index in [4.69, 9.17) is 4.74 Å². The second-order valence-corrected chi connectivity index (χ2v) is 8.07. The Morgan fingerprint density at radius 3 is 2.54 bits per heavy atom. The largest absolute Gasteiger partial charge is 0.497 e. The van der Waals surface area contributed by atoms with Crippen molar-refractivity contribution in [2.75, 3.05) is 25.2 Å². The molecule has 1 aromatic heterocycles. The molecule has 7 heteroatoms. The Hall–Kier alpha value is -2.67. The van der Waals surface area contributed by atoms with Gasteiger partial charge in [0.25, 0.3) is 0 Å². The van der Waals surface area contributed by atoms with Gasteiger partial charge in [0.05, 0.1) is 17.5 Å². The zero-order valence-corrected chi connectivity index (χ0v) is 15.6. The number of sulfone groups is 1. The van der Waals surface area contributed by atoms with Gasteiger partial charge in [0.2, 0.25) is 0 Å². The van der Waals surface area contributed by atoms with E-state index in [-0.39, 0.29) is 4.90 Å². The van der Waals surface area contributed by atoms with Crippen LogP contribution in [0, 0.1) is 0 Å². The molecule has 26 heavy (non-hydrogen) atoms. The van der Waals surface area contributed by atoms with Crippen LogP contribution >= 0.6 is 0 Å². The Morgan fingerprint density at radius 1 is 1.08 bits per heavy atom. The minimum absolute atomic E-state index is 0.265. The molecule has 0 saturated heterocycles. The van der Waals surface area contributed by atoms with E-state index in [2.05, 4.69) is 27.4 Å². The van der Waals surface area contributed by atoms with E-state index in [0.717, 1.165) is 25.1 Å². The lowest BCUT2D eigenvalue weighted by atomic mass is 10.1. The number of anilines is 1. The number of benzene rings is 2. The van der Waals surface area contributed by atoms with Crippen LogP contribution in [0.3, 0.4) is 0 Å². The van der Waals surface area contributed by atoms with Crippen LogP contribution in [0.5, 0.6) is 5.75 Å². The first-order chi connectivity index (χ1) is 12.5. The zero-order chi connectivity index (χ0) is 18.6. The van der Waals surface area contributed by atoms with Gasteiger partial charge < -0.3 is 10.1 Å². The molecule has 3 aromatic rings. The zero-order valence-electron chi connectivity index (χ0n) is 14.8. The molecule has 0 amide bonds. The lowest BCUT2D eigenvalue weighted by Crippen LogP contribution is -2.06. The van der Waals surface area contributed by atoms with Crippen molar-refractivity contribution in [1.82, 2.24) is 9.97 Å². The number of aromatic nitrogens is 2. The Labute approximate surface area is 153 Å². The number of aryl methyl sites for hydroxylation is 1. The molecule has 136 valence electrons. The summed E-state index contributed by atoms with van der Waals surface area (Å²) in [4.78, 5) is 8.73. The van der Waals surface area contributed by atoms with Crippen LogP contribution in [0.15, 0.2) is 53.7 Å². The van der Waals surface area contributed by atoms with Crippen molar-refractivity contribution in [3.05, 3.63) is 54.4 Å². The van der Waals surface area contributed by atoms with Crippen LogP contribution in [0.2, 0.25) is 0 Å². The molecule has 1 N–H and O–H groups in total. The monoisotopic (exact) mass is 371 g/mol. The van der Waals surface area contributed by atoms with E-state index in [1.165, 1.54) is 18.1 Å². The summed E-state index contributed by atoms with van der Waals surface area (Å²) >= 11 is 0. The van der Waals surface area contributed by atoms with E-state index in [1.807, 2.05) is 12.1 Å². The fourth-order valence-corrected chi connectivity index (χ4v) is 3.35.